The van der Waals surface area contributed by atoms with Crippen LogP contribution in [0.3, 0.4) is 0 Å². The highest BCUT2D eigenvalue weighted by atomic mass is 19.1. The van der Waals surface area contributed by atoms with Gasteiger partial charge in [0.2, 0.25) is 5.91 Å². The van der Waals surface area contributed by atoms with Gasteiger partial charge in [0, 0.05) is 19.2 Å². The third-order valence-electron chi connectivity index (χ3n) is 2.62. The molecule has 0 saturated heterocycles. The number of anilines is 2. The van der Waals surface area contributed by atoms with Crippen molar-refractivity contribution in [3.63, 3.8) is 0 Å². The lowest BCUT2D eigenvalue weighted by Gasteiger charge is -2.13. The second kappa shape index (κ2) is 6.23. The zero-order chi connectivity index (χ0) is 12.8. The van der Waals surface area contributed by atoms with E-state index >= 15 is 0 Å². The number of carbonyl (C=O) groups is 1. The minimum atomic E-state index is -0.303. The average Bonchev–Trinajstić information content (AvgIpc) is 2.28. The zero-order valence-corrected chi connectivity index (χ0v) is 10.5. The van der Waals surface area contributed by atoms with Crippen molar-refractivity contribution < 1.29 is 9.18 Å². The first-order valence-corrected chi connectivity index (χ1v) is 5.84. The van der Waals surface area contributed by atoms with Gasteiger partial charge in [0.05, 0.1) is 5.69 Å². The molecular weight excluding hydrogens is 219 g/mol. The lowest BCUT2D eigenvalue weighted by Crippen LogP contribution is -2.12. The molecule has 1 unspecified atom stereocenters. The topological polar surface area (TPSA) is 41.1 Å². The van der Waals surface area contributed by atoms with E-state index in [4.69, 9.17) is 0 Å². The van der Waals surface area contributed by atoms with Crippen LogP contribution < -0.4 is 10.6 Å². The maximum atomic E-state index is 13.5. The third-order valence-corrected chi connectivity index (χ3v) is 2.62. The second-order valence-corrected chi connectivity index (χ2v) is 4.27. The normalized spacial score (nSPS) is 12.0. The van der Waals surface area contributed by atoms with E-state index in [1.807, 2.05) is 0 Å². The summed E-state index contributed by atoms with van der Waals surface area (Å²) in [4.78, 5) is 10.9. The lowest BCUT2D eigenvalue weighted by atomic mass is 10.1. The number of rotatable bonds is 5. The minimum Gasteiger partial charge on any atom is -0.382 e. The first-order chi connectivity index (χ1) is 8.02. The monoisotopic (exact) mass is 238 g/mol. The molecule has 17 heavy (non-hydrogen) atoms. The number of hydrogen-bond donors (Lipinski definition) is 2. The van der Waals surface area contributed by atoms with E-state index in [9.17, 15) is 9.18 Å². The summed E-state index contributed by atoms with van der Waals surface area (Å²) in [5, 5.41) is 5.68. The van der Waals surface area contributed by atoms with Crippen LogP contribution in [0.25, 0.3) is 0 Å². The molecule has 0 aromatic heterocycles. The third kappa shape index (κ3) is 4.43. The van der Waals surface area contributed by atoms with Gasteiger partial charge < -0.3 is 10.6 Å². The lowest BCUT2D eigenvalue weighted by molar-refractivity contribution is -0.114. The van der Waals surface area contributed by atoms with E-state index < -0.39 is 0 Å². The molecule has 1 aromatic rings. The highest BCUT2D eigenvalue weighted by Gasteiger charge is 2.05. The van der Waals surface area contributed by atoms with Crippen LogP contribution in [0.4, 0.5) is 15.8 Å². The van der Waals surface area contributed by atoms with Crippen LogP contribution in [0.1, 0.15) is 27.2 Å². The van der Waals surface area contributed by atoms with Gasteiger partial charge in [-0.05, 0) is 24.1 Å². The fourth-order valence-corrected chi connectivity index (χ4v) is 1.37. The molecule has 3 nitrogen and oxygen atoms in total. The summed E-state index contributed by atoms with van der Waals surface area (Å²) >= 11 is 0. The van der Waals surface area contributed by atoms with Crippen LogP contribution in [0.5, 0.6) is 0 Å². The van der Waals surface area contributed by atoms with E-state index in [2.05, 4.69) is 24.5 Å². The maximum Gasteiger partial charge on any atom is 0.221 e. The van der Waals surface area contributed by atoms with Crippen LogP contribution in [-0.2, 0) is 4.79 Å². The summed E-state index contributed by atoms with van der Waals surface area (Å²) in [6.07, 6.45) is 1.04. The highest BCUT2D eigenvalue weighted by Crippen LogP contribution is 2.20. The molecule has 0 bridgehead atoms. The fraction of sp³-hybridized carbons (Fsp3) is 0.462. The van der Waals surface area contributed by atoms with Gasteiger partial charge in [-0.25, -0.2) is 4.39 Å². The first-order valence-electron chi connectivity index (χ1n) is 5.84. The molecule has 1 amide bonds. The Morgan fingerprint density at radius 1 is 1.47 bits per heavy atom. The summed E-state index contributed by atoms with van der Waals surface area (Å²) in [5.41, 5.74) is 1.03. The molecule has 0 aliphatic carbocycles. The molecular formula is C13H19FN2O. The number of carbonyl (C=O) groups excluding carboxylic acids is 1. The van der Waals surface area contributed by atoms with Gasteiger partial charge in [0.15, 0.2) is 0 Å². The molecule has 94 valence electrons. The number of halogens is 1. The van der Waals surface area contributed by atoms with Crippen molar-refractivity contribution in [3.8, 4) is 0 Å². The molecule has 0 aliphatic rings. The molecule has 1 rings (SSSR count). The van der Waals surface area contributed by atoms with Crippen LogP contribution >= 0.6 is 0 Å². The molecule has 2 N–H and O–H groups in total. The van der Waals surface area contributed by atoms with Gasteiger partial charge in [0.1, 0.15) is 5.82 Å². The van der Waals surface area contributed by atoms with Crippen molar-refractivity contribution in [1.29, 1.82) is 0 Å². The van der Waals surface area contributed by atoms with Crippen LogP contribution in [0.15, 0.2) is 18.2 Å². The van der Waals surface area contributed by atoms with Gasteiger partial charge in [-0.1, -0.05) is 20.3 Å². The molecule has 0 spiro atoms. The summed E-state index contributed by atoms with van der Waals surface area (Å²) in [6.45, 7) is 6.34. The minimum absolute atomic E-state index is 0.163. The Balaban J connectivity index is 2.72. The molecule has 0 fully saturated rings. The highest BCUT2D eigenvalue weighted by molar-refractivity contribution is 5.89. The molecule has 4 heteroatoms. The van der Waals surface area contributed by atoms with Crippen molar-refractivity contribution in [2.75, 3.05) is 17.2 Å². The number of benzene rings is 1. The Morgan fingerprint density at radius 3 is 2.76 bits per heavy atom. The van der Waals surface area contributed by atoms with Gasteiger partial charge in [-0.15, -0.1) is 0 Å². The molecule has 0 radical (unpaired) electrons. The number of nitrogens with one attached hydrogen (secondary N) is 2. The maximum absolute atomic E-state index is 13.5. The van der Waals surface area contributed by atoms with Gasteiger partial charge >= 0.3 is 0 Å². The van der Waals surface area contributed by atoms with Crippen molar-refractivity contribution in [2.45, 2.75) is 27.2 Å². The Morgan fingerprint density at radius 2 is 2.18 bits per heavy atom. The van der Waals surface area contributed by atoms with Gasteiger partial charge in [-0.3, -0.25) is 4.79 Å². The van der Waals surface area contributed by atoms with Crippen LogP contribution in [-0.4, -0.2) is 12.5 Å². The van der Waals surface area contributed by atoms with E-state index in [-0.39, 0.29) is 11.7 Å². The Kier molecular flexibility index (Phi) is 4.94. The van der Waals surface area contributed by atoms with Crippen LogP contribution in [0.2, 0.25) is 0 Å². The van der Waals surface area contributed by atoms with E-state index in [0.29, 0.717) is 17.3 Å². The molecule has 0 saturated carbocycles. The largest absolute Gasteiger partial charge is 0.382 e. The smallest absolute Gasteiger partial charge is 0.221 e. The van der Waals surface area contributed by atoms with E-state index in [1.54, 1.807) is 12.1 Å². The van der Waals surface area contributed by atoms with Crippen molar-refractivity contribution >= 4 is 17.3 Å². The number of amides is 1. The Bertz CT molecular complexity index is 393. The number of hydrogen-bond acceptors (Lipinski definition) is 2. The Hall–Kier alpha value is -1.58. The molecule has 1 aromatic carbocycles. The van der Waals surface area contributed by atoms with Crippen molar-refractivity contribution in [2.24, 2.45) is 5.92 Å². The summed E-state index contributed by atoms with van der Waals surface area (Å²) in [5.74, 6) is 0.0192. The predicted molar refractivity (Wildman–Crippen MR) is 68.6 cm³/mol. The standard InChI is InChI=1S/C13H19FN2O/c1-4-9(2)8-15-13-7-11(16-10(3)17)5-6-12(13)14/h5-7,9,15H,4,8H2,1-3H3,(H,16,17). The second-order valence-electron chi connectivity index (χ2n) is 4.27. The molecule has 0 heterocycles. The average molecular weight is 238 g/mol. The van der Waals surface area contributed by atoms with Crippen LogP contribution in [0, 0.1) is 11.7 Å². The quantitative estimate of drug-likeness (QED) is 0.826. The van der Waals surface area contributed by atoms with E-state index in [1.165, 1.54) is 13.0 Å². The summed E-state index contributed by atoms with van der Waals surface area (Å²) < 4.78 is 13.5. The van der Waals surface area contributed by atoms with E-state index in [0.717, 1.165) is 13.0 Å². The van der Waals surface area contributed by atoms with Crippen molar-refractivity contribution in [3.05, 3.63) is 24.0 Å². The molecule has 1 atom stereocenters. The summed E-state index contributed by atoms with van der Waals surface area (Å²) in [7, 11) is 0. The Labute approximate surface area is 101 Å². The zero-order valence-electron chi connectivity index (χ0n) is 10.5. The van der Waals surface area contributed by atoms with Crippen molar-refractivity contribution in [1.82, 2.24) is 0 Å². The summed E-state index contributed by atoms with van der Waals surface area (Å²) in [6, 6.07) is 4.51. The fourth-order valence-electron chi connectivity index (χ4n) is 1.37. The SMILES string of the molecule is CCC(C)CNc1cc(NC(C)=O)ccc1F. The first kappa shape index (κ1) is 13.5. The molecule has 0 aliphatic heterocycles. The van der Waals surface area contributed by atoms with Gasteiger partial charge in [-0.2, -0.15) is 0 Å². The van der Waals surface area contributed by atoms with Gasteiger partial charge in [0.25, 0.3) is 0 Å². The predicted octanol–water partition coefficient (Wildman–Crippen LogP) is 3.24.